The molecule has 1 aromatic rings. The topological polar surface area (TPSA) is 28.2 Å². The number of nitrogens with zero attached hydrogens (tertiary/aromatic N) is 2. The van der Waals surface area contributed by atoms with Gasteiger partial charge >= 0.3 is 0 Å². The molecule has 0 amide bonds. The molecule has 3 nitrogen and oxygen atoms in total. The quantitative estimate of drug-likeness (QED) is 0.888. The summed E-state index contributed by atoms with van der Waals surface area (Å²) in [5.74, 6) is 0. The monoisotopic (exact) mass is 265 g/mol. The molecular formula is C14H23N3S. The number of hydrogen-bond donors (Lipinski definition) is 1. The van der Waals surface area contributed by atoms with Crippen molar-refractivity contribution in [2.75, 3.05) is 27.2 Å². The van der Waals surface area contributed by atoms with E-state index in [1.165, 1.54) is 62.3 Å². The Balaban J connectivity index is 1.89. The van der Waals surface area contributed by atoms with Crippen molar-refractivity contribution in [2.24, 2.45) is 0 Å². The van der Waals surface area contributed by atoms with Gasteiger partial charge in [-0.2, -0.15) is 0 Å². The number of rotatable bonds is 2. The van der Waals surface area contributed by atoms with Gasteiger partial charge in [-0.25, -0.2) is 4.98 Å². The van der Waals surface area contributed by atoms with Gasteiger partial charge in [-0.15, -0.1) is 11.3 Å². The summed E-state index contributed by atoms with van der Waals surface area (Å²) in [6.45, 7) is 2.34. The SMILES string of the molecule is CNC1(c2nc3c(s2)CCCC3)CCN(C)CC1. The zero-order valence-corrected chi connectivity index (χ0v) is 12.3. The summed E-state index contributed by atoms with van der Waals surface area (Å²) in [7, 11) is 4.32. The third-order valence-corrected chi connectivity index (χ3v) is 5.94. The summed E-state index contributed by atoms with van der Waals surface area (Å²) in [5, 5.41) is 4.94. The first-order valence-electron chi connectivity index (χ1n) is 7.10. The number of thiazole rings is 1. The van der Waals surface area contributed by atoms with Crippen molar-refractivity contribution in [3.63, 3.8) is 0 Å². The van der Waals surface area contributed by atoms with E-state index < -0.39 is 0 Å². The van der Waals surface area contributed by atoms with E-state index in [2.05, 4.69) is 24.3 Å². The van der Waals surface area contributed by atoms with Gasteiger partial charge in [0.2, 0.25) is 0 Å². The van der Waals surface area contributed by atoms with Crippen LogP contribution in [0.15, 0.2) is 0 Å². The minimum Gasteiger partial charge on any atom is -0.308 e. The van der Waals surface area contributed by atoms with Crippen LogP contribution in [-0.4, -0.2) is 37.1 Å². The molecule has 1 aliphatic heterocycles. The van der Waals surface area contributed by atoms with Gasteiger partial charge in [0.15, 0.2) is 0 Å². The van der Waals surface area contributed by atoms with Crippen molar-refractivity contribution >= 4 is 11.3 Å². The van der Waals surface area contributed by atoms with E-state index in [4.69, 9.17) is 4.98 Å². The minimum atomic E-state index is 0.147. The largest absolute Gasteiger partial charge is 0.308 e. The normalized spacial score (nSPS) is 23.9. The van der Waals surface area contributed by atoms with E-state index in [1.54, 1.807) is 4.88 Å². The second-order valence-electron chi connectivity index (χ2n) is 5.73. The molecule has 2 aliphatic rings. The van der Waals surface area contributed by atoms with E-state index in [0.717, 1.165) is 0 Å². The van der Waals surface area contributed by atoms with Crippen molar-refractivity contribution in [1.29, 1.82) is 0 Å². The van der Waals surface area contributed by atoms with Crippen molar-refractivity contribution in [1.82, 2.24) is 15.2 Å². The lowest BCUT2D eigenvalue weighted by atomic mass is 9.88. The Kier molecular flexibility index (Phi) is 3.43. The highest BCUT2D eigenvalue weighted by Crippen LogP contribution is 2.38. The Morgan fingerprint density at radius 3 is 2.61 bits per heavy atom. The molecule has 0 atom stereocenters. The maximum Gasteiger partial charge on any atom is 0.113 e. The first-order valence-corrected chi connectivity index (χ1v) is 7.92. The highest BCUT2D eigenvalue weighted by molar-refractivity contribution is 7.11. The predicted molar refractivity (Wildman–Crippen MR) is 76.2 cm³/mol. The molecule has 18 heavy (non-hydrogen) atoms. The fraction of sp³-hybridized carbons (Fsp3) is 0.786. The van der Waals surface area contributed by atoms with Gasteiger partial charge in [-0.3, -0.25) is 0 Å². The summed E-state index contributed by atoms with van der Waals surface area (Å²) in [6, 6.07) is 0. The fourth-order valence-electron chi connectivity index (χ4n) is 3.13. The van der Waals surface area contributed by atoms with Crippen LogP contribution >= 0.6 is 11.3 Å². The lowest BCUT2D eigenvalue weighted by Gasteiger charge is -2.39. The first kappa shape index (κ1) is 12.6. The molecule has 0 aromatic carbocycles. The summed E-state index contributed by atoms with van der Waals surface area (Å²) in [6.07, 6.45) is 7.51. The molecule has 2 heterocycles. The highest BCUT2D eigenvalue weighted by atomic mass is 32.1. The average molecular weight is 265 g/mol. The lowest BCUT2D eigenvalue weighted by molar-refractivity contribution is 0.164. The number of aromatic nitrogens is 1. The van der Waals surface area contributed by atoms with Crippen LogP contribution in [0.2, 0.25) is 0 Å². The van der Waals surface area contributed by atoms with Crippen molar-refractivity contribution < 1.29 is 0 Å². The Hall–Kier alpha value is -0.450. The van der Waals surface area contributed by atoms with Crippen LogP contribution in [0.4, 0.5) is 0 Å². The van der Waals surface area contributed by atoms with Gasteiger partial charge in [0.1, 0.15) is 5.01 Å². The molecule has 0 unspecified atom stereocenters. The van der Waals surface area contributed by atoms with Crippen molar-refractivity contribution in [3.8, 4) is 0 Å². The molecule has 1 saturated heterocycles. The van der Waals surface area contributed by atoms with E-state index in [9.17, 15) is 0 Å². The van der Waals surface area contributed by atoms with Crippen LogP contribution in [0, 0.1) is 0 Å². The molecule has 0 bridgehead atoms. The van der Waals surface area contributed by atoms with E-state index in [-0.39, 0.29) is 5.54 Å². The van der Waals surface area contributed by atoms with E-state index in [1.807, 2.05) is 11.3 Å². The van der Waals surface area contributed by atoms with Gasteiger partial charge < -0.3 is 10.2 Å². The molecule has 100 valence electrons. The van der Waals surface area contributed by atoms with E-state index >= 15 is 0 Å². The van der Waals surface area contributed by atoms with E-state index in [0.29, 0.717) is 0 Å². The van der Waals surface area contributed by atoms with Crippen molar-refractivity contribution in [3.05, 3.63) is 15.6 Å². The molecule has 1 aliphatic carbocycles. The molecule has 0 radical (unpaired) electrons. The fourth-order valence-corrected chi connectivity index (χ4v) is 4.53. The standard InChI is InChI=1S/C14H23N3S/c1-15-14(7-9-17(2)10-8-14)13-16-11-5-3-4-6-12(11)18-13/h15H,3-10H2,1-2H3. The van der Waals surface area contributed by atoms with Gasteiger partial charge in [0.05, 0.1) is 11.2 Å². The van der Waals surface area contributed by atoms with Crippen LogP contribution in [0.3, 0.4) is 0 Å². The summed E-state index contributed by atoms with van der Waals surface area (Å²) in [4.78, 5) is 8.96. The van der Waals surface area contributed by atoms with Crippen LogP contribution in [0.5, 0.6) is 0 Å². The third-order valence-electron chi connectivity index (χ3n) is 4.57. The number of hydrogen-bond acceptors (Lipinski definition) is 4. The zero-order chi connectivity index (χ0) is 12.6. The maximum absolute atomic E-state index is 4.98. The number of nitrogens with one attached hydrogen (secondary N) is 1. The minimum absolute atomic E-state index is 0.147. The molecule has 4 heteroatoms. The molecule has 0 saturated carbocycles. The number of likely N-dealkylation sites (tertiary alicyclic amines) is 1. The molecule has 1 fully saturated rings. The second kappa shape index (κ2) is 4.91. The van der Waals surface area contributed by atoms with Crippen LogP contribution in [0.25, 0.3) is 0 Å². The Bertz CT molecular complexity index is 395. The highest BCUT2D eigenvalue weighted by Gasteiger charge is 2.37. The number of fused-ring (bicyclic) bond motifs is 1. The molecule has 3 rings (SSSR count). The molecule has 1 aromatic heterocycles. The lowest BCUT2D eigenvalue weighted by Crippen LogP contribution is -2.48. The first-order chi connectivity index (χ1) is 8.73. The smallest absolute Gasteiger partial charge is 0.113 e. The zero-order valence-electron chi connectivity index (χ0n) is 11.5. The van der Waals surface area contributed by atoms with Gasteiger partial charge in [0.25, 0.3) is 0 Å². The second-order valence-corrected chi connectivity index (χ2v) is 6.81. The summed E-state index contributed by atoms with van der Waals surface area (Å²) in [5.41, 5.74) is 1.55. The molecule has 0 spiro atoms. The van der Waals surface area contributed by atoms with Crippen LogP contribution in [0.1, 0.15) is 41.3 Å². The average Bonchev–Trinajstić information content (AvgIpc) is 2.84. The Morgan fingerprint density at radius 1 is 1.22 bits per heavy atom. The number of aryl methyl sites for hydroxylation is 2. The third kappa shape index (κ3) is 2.10. The van der Waals surface area contributed by atoms with Gasteiger partial charge in [-0.05, 0) is 52.6 Å². The van der Waals surface area contributed by atoms with Gasteiger partial charge in [0, 0.05) is 18.0 Å². The van der Waals surface area contributed by atoms with Crippen LogP contribution < -0.4 is 5.32 Å². The molecule has 1 N–H and O–H groups in total. The van der Waals surface area contributed by atoms with Gasteiger partial charge in [-0.1, -0.05) is 0 Å². The maximum atomic E-state index is 4.98. The molecular weight excluding hydrogens is 242 g/mol. The number of piperidine rings is 1. The predicted octanol–water partition coefficient (Wildman–Crippen LogP) is 2.16. The summed E-state index contributed by atoms with van der Waals surface area (Å²) >= 11 is 1.97. The van der Waals surface area contributed by atoms with Crippen LogP contribution in [-0.2, 0) is 18.4 Å². The summed E-state index contributed by atoms with van der Waals surface area (Å²) < 4.78 is 0. The Morgan fingerprint density at radius 2 is 1.94 bits per heavy atom. The van der Waals surface area contributed by atoms with Crippen molar-refractivity contribution in [2.45, 2.75) is 44.1 Å². The Labute approximate surface area is 114 Å².